The Morgan fingerprint density at radius 1 is 1.00 bits per heavy atom. The number of aryl methyl sites for hydroxylation is 1. The number of hydrogen-bond acceptors (Lipinski definition) is 4. The summed E-state index contributed by atoms with van der Waals surface area (Å²) in [6, 6.07) is 24.3. The van der Waals surface area contributed by atoms with Crippen molar-refractivity contribution in [2.24, 2.45) is 0 Å². The molecule has 0 radical (unpaired) electrons. The molecule has 1 unspecified atom stereocenters. The fourth-order valence-corrected chi connectivity index (χ4v) is 3.80. The largest absolute Gasteiger partial charge is 0.481 e. The molecule has 1 atom stereocenters. The van der Waals surface area contributed by atoms with E-state index in [1.165, 1.54) is 0 Å². The van der Waals surface area contributed by atoms with E-state index >= 15 is 0 Å². The van der Waals surface area contributed by atoms with Gasteiger partial charge in [0.15, 0.2) is 6.10 Å². The number of ether oxygens (including phenoxy) is 1. The van der Waals surface area contributed by atoms with Gasteiger partial charge in [-0.15, -0.1) is 0 Å². The van der Waals surface area contributed by atoms with Crippen LogP contribution in [0.25, 0.3) is 22.1 Å². The van der Waals surface area contributed by atoms with E-state index in [0.717, 1.165) is 11.1 Å². The third kappa shape index (κ3) is 4.42. The number of fused-ring (bicyclic) bond motifs is 1. The van der Waals surface area contributed by atoms with Gasteiger partial charge in [0.2, 0.25) is 5.43 Å². The van der Waals surface area contributed by atoms with Gasteiger partial charge in [0.1, 0.15) is 17.1 Å². The van der Waals surface area contributed by atoms with Crippen LogP contribution in [0.3, 0.4) is 0 Å². The van der Waals surface area contributed by atoms with Crippen LogP contribution in [0.15, 0.2) is 88.1 Å². The molecule has 1 heterocycles. The summed E-state index contributed by atoms with van der Waals surface area (Å²) in [6.07, 6.45) is -0.683. The molecule has 0 aliphatic carbocycles. The van der Waals surface area contributed by atoms with Crippen LogP contribution in [0, 0.1) is 6.92 Å². The Hall–Kier alpha value is -3.86. The zero-order chi connectivity index (χ0) is 22.7. The van der Waals surface area contributed by atoms with Crippen molar-refractivity contribution in [2.45, 2.75) is 26.5 Å². The molecule has 0 spiro atoms. The van der Waals surface area contributed by atoms with Gasteiger partial charge in [-0.25, -0.2) is 0 Å². The van der Waals surface area contributed by atoms with Gasteiger partial charge < -0.3 is 14.1 Å². The van der Waals surface area contributed by atoms with Gasteiger partial charge in [0.05, 0.1) is 10.9 Å². The first-order chi connectivity index (χ1) is 15.4. The molecular formula is C27H25NO4. The Labute approximate surface area is 186 Å². The highest BCUT2D eigenvalue weighted by Crippen LogP contribution is 2.26. The van der Waals surface area contributed by atoms with E-state index in [-0.39, 0.29) is 11.3 Å². The normalized spacial score (nSPS) is 11.8. The molecule has 0 saturated heterocycles. The summed E-state index contributed by atoms with van der Waals surface area (Å²) in [6.45, 7) is 4.00. The lowest BCUT2D eigenvalue weighted by molar-refractivity contribution is -0.137. The van der Waals surface area contributed by atoms with Gasteiger partial charge in [-0.3, -0.25) is 9.59 Å². The summed E-state index contributed by atoms with van der Waals surface area (Å²) in [4.78, 5) is 27.5. The van der Waals surface area contributed by atoms with E-state index in [1.54, 1.807) is 44.0 Å². The van der Waals surface area contributed by atoms with Crippen LogP contribution in [0.2, 0.25) is 0 Å². The van der Waals surface area contributed by atoms with Crippen molar-refractivity contribution in [1.82, 2.24) is 4.90 Å². The summed E-state index contributed by atoms with van der Waals surface area (Å²) < 4.78 is 11.8. The van der Waals surface area contributed by atoms with Gasteiger partial charge >= 0.3 is 0 Å². The van der Waals surface area contributed by atoms with Gasteiger partial charge in [-0.05, 0) is 37.1 Å². The van der Waals surface area contributed by atoms with Crippen molar-refractivity contribution in [2.75, 3.05) is 7.05 Å². The molecule has 5 heteroatoms. The number of rotatable bonds is 6. The zero-order valence-corrected chi connectivity index (χ0v) is 18.4. The second-order valence-electron chi connectivity index (χ2n) is 7.83. The van der Waals surface area contributed by atoms with Crippen LogP contribution in [0.5, 0.6) is 5.75 Å². The van der Waals surface area contributed by atoms with Crippen LogP contribution in [-0.2, 0) is 11.3 Å². The Morgan fingerprint density at radius 2 is 1.66 bits per heavy atom. The molecule has 0 aliphatic heterocycles. The molecule has 0 saturated carbocycles. The van der Waals surface area contributed by atoms with Crippen molar-refractivity contribution in [3.05, 3.63) is 100 Å². The Bertz CT molecular complexity index is 1300. The van der Waals surface area contributed by atoms with Gasteiger partial charge in [0, 0.05) is 19.7 Å². The molecular weight excluding hydrogens is 402 g/mol. The third-order valence-electron chi connectivity index (χ3n) is 5.40. The standard InChI is InChI=1S/C27H25NO4/c1-18-25(21-12-8-5-9-13-21)26(29)23-15-14-22(16-24(23)32-18)31-19(2)27(30)28(3)17-20-10-6-4-7-11-20/h4-16,19H,17H2,1-3H3. The van der Waals surface area contributed by atoms with Crippen molar-refractivity contribution >= 4 is 16.9 Å². The fraction of sp³-hybridized carbons (Fsp3) is 0.185. The molecule has 1 aromatic heterocycles. The van der Waals surface area contributed by atoms with Gasteiger partial charge in [0.25, 0.3) is 5.91 Å². The molecule has 1 amide bonds. The van der Waals surface area contributed by atoms with Crippen molar-refractivity contribution in [3.63, 3.8) is 0 Å². The minimum Gasteiger partial charge on any atom is -0.481 e. The summed E-state index contributed by atoms with van der Waals surface area (Å²) in [5.74, 6) is 0.880. The quantitative estimate of drug-likeness (QED) is 0.425. The molecule has 4 aromatic rings. The van der Waals surface area contributed by atoms with E-state index in [0.29, 0.717) is 34.6 Å². The second-order valence-corrected chi connectivity index (χ2v) is 7.83. The van der Waals surface area contributed by atoms with E-state index in [1.807, 2.05) is 60.7 Å². The number of carbonyl (C=O) groups is 1. The van der Waals surface area contributed by atoms with E-state index in [9.17, 15) is 9.59 Å². The van der Waals surface area contributed by atoms with Crippen LogP contribution in [0.4, 0.5) is 0 Å². The van der Waals surface area contributed by atoms with Crippen LogP contribution < -0.4 is 10.2 Å². The maximum absolute atomic E-state index is 13.1. The molecule has 0 fully saturated rings. The average Bonchev–Trinajstić information content (AvgIpc) is 2.79. The lowest BCUT2D eigenvalue weighted by Gasteiger charge is -2.22. The van der Waals surface area contributed by atoms with Crippen molar-refractivity contribution in [1.29, 1.82) is 0 Å². The minimum atomic E-state index is -0.683. The van der Waals surface area contributed by atoms with E-state index in [2.05, 4.69) is 0 Å². The van der Waals surface area contributed by atoms with E-state index in [4.69, 9.17) is 9.15 Å². The molecule has 4 rings (SSSR count). The smallest absolute Gasteiger partial charge is 0.263 e. The van der Waals surface area contributed by atoms with Crippen LogP contribution in [-0.4, -0.2) is 24.0 Å². The molecule has 0 aliphatic rings. The average molecular weight is 428 g/mol. The molecule has 0 bridgehead atoms. The molecule has 5 nitrogen and oxygen atoms in total. The Morgan fingerprint density at radius 3 is 2.34 bits per heavy atom. The lowest BCUT2D eigenvalue weighted by atomic mass is 10.0. The highest BCUT2D eigenvalue weighted by Gasteiger charge is 2.20. The number of nitrogens with zero attached hydrogens (tertiary/aromatic N) is 1. The third-order valence-corrected chi connectivity index (χ3v) is 5.40. The monoisotopic (exact) mass is 427 g/mol. The lowest BCUT2D eigenvalue weighted by Crippen LogP contribution is -2.37. The predicted molar refractivity (Wildman–Crippen MR) is 126 cm³/mol. The highest BCUT2D eigenvalue weighted by atomic mass is 16.5. The maximum Gasteiger partial charge on any atom is 0.263 e. The van der Waals surface area contributed by atoms with Crippen LogP contribution >= 0.6 is 0 Å². The van der Waals surface area contributed by atoms with Crippen LogP contribution in [0.1, 0.15) is 18.2 Å². The number of benzene rings is 3. The zero-order valence-electron chi connectivity index (χ0n) is 18.4. The summed E-state index contributed by atoms with van der Waals surface area (Å²) in [5.41, 5.74) is 2.77. The highest BCUT2D eigenvalue weighted by molar-refractivity contribution is 5.84. The van der Waals surface area contributed by atoms with Gasteiger partial charge in [-0.1, -0.05) is 60.7 Å². The SMILES string of the molecule is Cc1oc2cc(OC(C)C(=O)N(C)Cc3ccccc3)ccc2c(=O)c1-c1ccccc1. The summed E-state index contributed by atoms with van der Waals surface area (Å²) in [7, 11) is 1.75. The first kappa shape index (κ1) is 21.4. The molecule has 162 valence electrons. The number of hydrogen-bond donors (Lipinski definition) is 0. The predicted octanol–water partition coefficient (Wildman–Crippen LogP) is 5.19. The topological polar surface area (TPSA) is 59.8 Å². The molecule has 0 N–H and O–H groups in total. The second kappa shape index (κ2) is 9.10. The minimum absolute atomic E-state index is 0.0896. The van der Waals surface area contributed by atoms with Crippen molar-refractivity contribution < 1.29 is 13.9 Å². The number of likely N-dealkylation sites (N-methyl/N-ethyl adjacent to an activating group) is 1. The fourth-order valence-electron chi connectivity index (χ4n) is 3.80. The van der Waals surface area contributed by atoms with Crippen molar-refractivity contribution in [3.8, 4) is 16.9 Å². The molecule has 3 aromatic carbocycles. The maximum atomic E-state index is 13.1. The summed E-state index contributed by atoms with van der Waals surface area (Å²) >= 11 is 0. The summed E-state index contributed by atoms with van der Waals surface area (Å²) in [5, 5.41) is 0.474. The first-order valence-corrected chi connectivity index (χ1v) is 10.5. The Balaban J connectivity index is 1.55. The van der Waals surface area contributed by atoms with Gasteiger partial charge in [-0.2, -0.15) is 0 Å². The van der Waals surface area contributed by atoms with E-state index < -0.39 is 6.10 Å². The first-order valence-electron chi connectivity index (χ1n) is 10.5. The Kier molecular flexibility index (Phi) is 6.08. The molecule has 32 heavy (non-hydrogen) atoms. The number of amides is 1. The number of carbonyl (C=O) groups excluding carboxylic acids is 1.